The molecule has 0 amide bonds. The lowest BCUT2D eigenvalue weighted by Gasteiger charge is -2.12. The molecule has 0 aliphatic heterocycles. The van der Waals surface area contributed by atoms with Gasteiger partial charge in [0.05, 0.1) is 4.34 Å². The maximum absolute atomic E-state index is 5.98. The van der Waals surface area contributed by atoms with Crippen molar-refractivity contribution in [1.82, 2.24) is 5.32 Å². The molecule has 2 aromatic carbocycles. The first kappa shape index (κ1) is 13.6. The first-order chi connectivity index (χ1) is 9.72. The topological polar surface area (TPSA) is 12.0 Å². The molecule has 0 saturated heterocycles. The molecule has 1 unspecified atom stereocenters. The van der Waals surface area contributed by atoms with E-state index < -0.39 is 0 Å². The summed E-state index contributed by atoms with van der Waals surface area (Å²) >= 11 is 7.61. The molecular weight excluding hydrogens is 286 g/mol. The van der Waals surface area contributed by atoms with Gasteiger partial charge in [0, 0.05) is 17.5 Å². The maximum atomic E-state index is 5.98. The van der Waals surface area contributed by atoms with Crippen molar-refractivity contribution in [3.8, 4) is 0 Å². The van der Waals surface area contributed by atoms with E-state index in [1.54, 1.807) is 11.3 Å². The van der Waals surface area contributed by atoms with Crippen molar-refractivity contribution in [3.63, 3.8) is 0 Å². The molecular formula is C17H16ClNS. The van der Waals surface area contributed by atoms with Gasteiger partial charge in [0.1, 0.15) is 0 Å². The molecule has 1 heterocycles. The second kappa shape index (κ2) is 5.96. The van der Waals surface area contributed by atoms with Crippen LogP contribution in [0.15, 0.2) is 54.6 Å². The Morgan fingerprint density at radius 3 is 2.60 bits per heavy atom. The first-order valence-electron chi connectivity index (χ1n) is 6.69. The van der Waals surface area contributed by atoms with Crippen LogP contribution in [0.1, 0.15) is 23.4 Å². The third-order valence-electron chi connectivity index (χ3n) is 3.45. The smallest absolute Gasteiger partial charge is 0.0931 e. The summed E-state index contributed by atoms with van der Waals surface area (Å²) < 4.78 is 0.847. The average molecular weight is 302 g/mol. The monoisotopic (exact) mass is 301 g/mol. The van der Waals surface area contributed by atoms with E-state index in [0.717, 1.165) is 10.9 Å². The van der Waals surface area contributed by atoms with Gasteiger partial charge in [-0.2, -0.15) is 0 Å². The molecule has 1 atom stereocenters. The Balaban J connectivity index is 1.70. The molecule has 0 spiro atoms. The van der Waals surface area contributed by atoms with E-state index in [0.29, 0.717) is 6.04 Å². The van der Waals surface area contributed by atoms with Crippen LogP contribution in [0.2, 0.25) is 4.34 Å². The van der Waals surface area contributed by atoms with E-state index in [1.165, 1.54) is 21.2 Å². The van der Waals surface area contributed by atoms with E-state index in [2.05, 4.69) is 60.8 Å². The molecule has 3 aromatic rings. The highest BCUT2D eigenvalue weighted by Gasteiger charge is 2.07. The van der Waals surface area contributed by atoms with Gasteiger partial charge in [-0.3, -0.25) is 0 Å². The summed E-state index contributed by atoms with van der Waals surface area (Å²) in [5, 5.41) is 6.12. The van der Waals surface area contributed by atoms with Crippen LogP contribution in [-0.4, -0.2) is 0 Å². The zero-order chi connectivity index (χ0) is 13.9. The predicted molar refractivity (Wildman–Crippen MR) is 88.5 cm³/mol. The van der Waals surface area contributed by atoms with Crippen molar-refractivity contribution in [2.45, 2.75) is 19.5 Å². The number of halogens is 1. The molecule has 0 bridgehead atoms. The Bertz CT molecular complexity index is 720. The quantitative estimate of drug-likeness (QED) is 0.680. The lowest BCUT2D eigenvalue weighted by molar-refractivity contribution is 0.583. The summed E-state index contributed by atoms with van der Waals surface area (Å²) in [6.07, 6.45) is 0. The highest BCUT2D eigenvalue weighted by atomic mass is 35.5. The molecule has 1 nitrogen and oxygen atoms in total. The largest absolute Gasteiger partial charge is 0.305 e. The Kier molecular flexibility index (Phi) is 4.06. The van der Waals surface area contributed by atoms with E-state index >= 15 is 0 Å². The van der Waals surface area contributed by atoms with Crippen LogP contribution in [0.4, 0.5) is 0 Å². The first-order valence-corrected chi connectivity index (χ1v) is 7.88. The van der Waals surface area contributed by atoms with Gasteiger partial charge in [0.15, 0.2) is 0 Å². The number of hydrogen-bond acceptors (Lipinski definition) is 2. The van der Waals surface area contributed by atoms with Gasteiger partial charge in [-0.15, -0.1) is 11.3 Å². The second-order valence-electron chi connectivity index (χ2n) is 4.93. The van der Waals surface area contributed by atoms with Crippen molar-refractivity contribution in [2.24, 2.45) is 0 Å². The van der Waals surface area contributed by atoms with Crippen LogP contribution >= 0.6 is 22.9 Å². The number of rotatable bonds is 4. The number of nitrogens with one attached hydrogen (secondary N) is 1. The minimum Gasteiger partial charge on any atom is -0.305 e. The number of benzene rings is 2. The van der Waals surface area contributed by atoms with Gasteiger partial charge < -0.3 is 5.32 Å². The molecule has 1 N–H and O–H groups in total. The highest BCUT2D eigenvalue weighted by Crippen LogP contribution is 2.27. The molecule has 3 heteroatoms. The summed E-state index contributed by atoms with van der Waals surface area (Å²) in [4.78, 5) is 1.27. The zero-order valence-electron chi connectivity index (χ0n) is 11.3. The molecule has 20 heavy (non-hydrogen) atoms. The fraction of sp³-hybridized carbons (Fsp3) is 0.176. The van der Waals surface area contributed by atoms with Gasteiger partial charge >= 0.3 is 0 Å². The molecule has 0 saturated carbocycles. The molecule has 0 aliphatic rings. The average Bonchev–Trinajstić information content (AvgIpc) is 2.91. The number of thiophene rings is 1. The lowest BCUT2D eigenvalue weighted by Crippen LogP contribution is -2.17. The van der Waals surface area contributed by atoms with Gasteiger partial charge in [-0.1, -0.05) is 48.0 Å². The summed E-state index contributed by atoms with van der Waals surface area (Å²) in [5.74, 6) is 0. The Labute approximate surface area is 128 Å². The minimum atomic E-state index is 0.318. The van der Waals surface area contributed by atoms with Gasteiger partial charge in [0.2, 0.25) is 0 Å². The highest BCUT2D eigenvalue weighted by molar-refractivity contribution is 7.16. The van der Waals surface area contributed by atoms with E-state index in [-0.39, 0.29) is 0 Å². The zero-order valence-corrected chi connectivity index (χ0v) is 12.8. The van der Waals surface area contributed by atoms with Crippen molar-refractivity contribution in [2.75, 3.05) is 0 Å². The van der Waals surface area contributed by atoms with E-state index in [1.807, 2.05) is 6.07 Å². The minimum absolute atomic E-state index is 0.318. The van der Waals surface area contributed by atoms with Gasteiger partial charge in [-0.05, 0) is 41.5 Å². The molecule has 0 radical (unpaired) electrons. The van der Waals surface area contributed by atoms with Crippen molar-refractivity contribution < 1.29 is 0 Å². The third-order valence-corrected chi connectivity index (χ3v) is 4.86. The molecule has 0 aliphatic carbocycles. The standard InChI is InChI=1S/C17H16ClNS/c1-12(16-8-9-17(18)20-16)19-11-13-6-7-14-4-2-3-5-15(14)10-13/h2-10,12,19H,11H2,1H3. The Morgan fingerprint density at radius 2 is 1.85 bits per heavy atom. The van der Waals surface area contributed by atoms with Crippen LogP contribution in [0.25, 0.3) is 10.8 Å². The molecule has 1 aromatic heterocycles. The number of fused-ring (bicyclic) bond motifs is 1. The predicted octanol–water partition coefficient (Wildman–Crippen LogP) is 5.41. The molecule has 0 fully saturated rings. The molecule has 102 valence electrons. The van der Waals surface area contributed by atoms with Crippen molar-refractivity contribution in [3.05, 3.63) is 69.4 Å². The van der Waals surface area contributed by atoms with E-state index in [9.17, 15) is 0 Å². The summed E-state index contributed by atoms with van der Waals surface area (Å²) in [6.45, 7) is 3.03. The van der Waals surface area contributed by atoms with Crippen LogP contribution < -0.4 is 5.32 Å². The summed E-state index contributed by atoms with van der Waals surface area (Å²) in [5.41, 5.74) is 1.30. The Morgan fingerprint density at radius 1 is 1.05 bits per heavy atom. The fourth-order valence-corrected chi connectivity index (χ4v) is 3.37. The maximum Gasteiger partial charge on any atom is 0.0931 e. The number of hydrogen-bond donors (Lipinski definition) is 1. The second-order valence-corrected chi connectivity index (χ2v) is 6.67. The van der Waals surface area contributed by atoms with E-state index in [4.69, 9.17) is 11.6 Å². The van der Waals surface area contributed by atoms with Crippen LogP contribution in [-0.2, 0) is 6.54 Å². The van der Waals surface area contributed by atoms with Crippen LogP contribution in [0, 0.1) is 0 Å². The summed E-state index contributed by atoms with van der Waals surface area (Å²) in [7, 11) is 0. The lowest BCUT2D eigenvalue weighted by atomic mass is 10.1. The normalized spacial score (nSPS) is 12.7. The van der Waals surface area contributed by atoms with Crippen molar-refractivity contribution in [1.29, 1.82) is 0 Å². The third kappa shape index (κ3) is 3.04. The molecule has 3 rings (SSSR count). The fourth-order valence-electron chi connectivity index (χ4n) is 2.28. The van der Waals surface area contributed by atoms with Crippen molar-refractivity contribution >= 4 is 33.7 Å². The van der Waals surface area contributed by atoms with Gasteiger partial charge in [0.25, 0.3) is 0 Å². The summed E-state index contributed by atoms with van der Waals surface area (Å²) in [6, 6.07) is 19.4. The van der Waals surface area contributed by atoms with Crippen LogP contribution in [0.3, 0.4) is 0 Å². The SMILES string of the molecule is CC(NCc1ccc2ccccc2c1)c1ccc(Cl)s1. The Hall–Kier alpha value is -1.35. The van der Waals surface area contributed by atoms with Gasteiger partial charge in [-0.25, -0.2) is 0 Å². The van der Waals surface area contributed by atoms with Crippen LogP contribution in [0.5, 0.6) is 0 Å².